The second kappa shape index (κ2) is 6.63. The van der Waals surface area contributed by atoms with E-state index in [-0.39, 0.29) is 5.41 Å². The fraction of sp³-hybridized carbons (Fsp3) is 0.143. The van der Waals surface area contributed by atoms with Crippen LogP contribution in [0.25, 0.3) is 16.7 Å². The summed E-state index contributed by atoms with van der Waals surface area (Å²) in [5.74, 6) is 0. The van der Waals surface area contributed by atoms with Crippen LogP contribution >= 0.6 is 0 Å². The predicted molar refractivity (Wildman–Crippen MR) is 124 cm³/mol. The maximum absolute atomic E-state index is 2.31. The molecule has 1 aliphatic carbocycles. The number of hydrogen-bond acceptors (Lipinski definition) is 1. The van der Waals surface area contributed by atoms with Gasteiger partial charge in [0.1, 0.15) is 0 Å². The van der Waals surface area contributed by atoms with Crippen molar-refractivity contribution >= 4 is 11.3 Å². The Balaban J connectivity index is 1.50. The Morgan fingerprint density at radius 2 is 1.17 bits per heavy atom. The Morgan fingerprint density at radius 3 is 1.79 bits per heavy atom. The van der Waals surface area contributed by atoms with Crippen molar-refractivity contribution in [1.29, 1.82) is 0 Å². The van der Waals surface area contributed by atoms with E-state index in [1.165, 1.54) is 44.8 Å². The van der Waals surface area contributed by atoms with Crippen LogP contribution in [-0.4, -0.2) is 7.05 Å². The van der Waals surface area contributed by atoms with Gasteiger partial charge >= 0.3 is 0 Å². The normalized spacial score (nSPS) is 17.6. The zero-order valence-corrected chi connectivity index (χ0v) is 17.2. The lowest BCUT2D eigenvalue weighted by molar-refractivity contribution is 0.640. The van der Waals surface area contributed by atoms with Crippen molar-refractivity contribution in [3.8, 4) is 11.1 Å². The number of nitrogens with zero attached hydrogens (tertiary/aromatic N) is 1. The molecular formula is C28H25N. The molecule has 0 atom stereocenters. The Labute approximate surface area is 173 Å². The van der Waals surface area contributed by atoms with Gasteiger partial charge < -0.3 is 4.90 Å². The molecule has 0 N–H and O–H groups in total. The van der Waals surface area contributed by atoms with Crippen molar-refractivity contribution in [2.45, 2.75) is 19.3 Å². The minimum Gasteiger partial charge on any atom is -0.347 e. The van der Waals surface area contributed by atoms with Gasteiger partial charge in [-0.2, -0.15) is 0 Å². The van der Waals surface area contributed by atoms with Gasteiger partial charge in [0.05, 0.1) is 0 Å². The van der Waals surface area contributed by atoms with Crippen LogP contribution in [0.4, 0.5) is 5.69 Å². The molecule has 1 aliphatic heterocycles. The average molecular weight is 376 g/mol. The van der Waals surface area contributed by atoms with Gasteiger partial charge in [-0.15, -0.1) is 0 Å². The van der Waals surface area contributed by atoms with Gasteiger partial charge in [0, 0.05) is 23.8 Å². The highest BCUT2D eigenvalue weighted by atomic mass is 15.2. The largest absolute Gasteiger partial charge is 0.347 e. The number of fused-ring (bicyclic) bond motifs is 4. The quantitative estimate of drug-likeness (QED) is 0.366. The molecule has 2 aliphatic rings. The zero-order valence-electron chi connectivity index (χ0n) is 17.2. The molecule has 0 amide bonds. The van der Waals surface area contributed by atoms with Crippen LogP contribution in [0.2, 0.25) is 0 Å². The fourth-order valence-corrected chi connectivity index (χ4v) is 4.83. The van der Waals surface area contributed by atoms with Crippen molar-refractivity contribution in [3.05, 3.63) is 119 Å². The number of anilines is 1. The van der Waals surface area contributed by atoms with Gasteiger partial charge in [-0.05, 0) is 45.5 Å². The highest BCUT2D eigenvalue weighted by Gasteiger charge is 2.37. The SMILES string of the molecule is CN1/C(=C/C=C/C=C2c3ccccc3-c3ccccc32)C(C)(C)c2ccccc21. The standard InChI is InChI=1S/C28H25N/c1-28(2)25-17-9-10-18-26(25)29(3)27(28)19-11-8-16-24-22-14-6-4-12-20(22)21-13-5-7-15-23(21)24/h4-19H,1-3H3/b11-8+,27-19+. The number of hydrogen-bond donors (Lipinski definition) is 0. The molecule has 0 radical (unpaired) electrons. The number of rotatable bonds is 2. The number of allylic oxidation sites excluding steroid dienone is 5. The number of para-hydroxylation sites is 1. The van der Waals surface area contributed by atoms with Crippen LogP contribution in [0.15, 0.2) is 103 Å². The van der Waals surface area contributed by atoms with Gasteiger partial charge in [0.15, 0.2) is 0 Å². The third kappa shape index (κ3) is 2.69. The third-order valence-electron chi connectivity index (χ3n) is 6.29. The second-order valence-electron chi connectivity index (χ2n) is 8.31. The molecule has 0 saturated carbocycles. The minimum absolute atomic E-state index is 0.00931. The number of likely N-dealkylation sites (N-methyl/N-ethyl adjacent to an activating group) is 1. The van der Waals surface area contributed by atoms with Crippen LogP contribution in [-0.2, 0) is 5.41 Å². The van der Waals surface area contributed by atoms with Crippen molar-refractivity contribution in [1.82, 2.24) is 0 Å². The smallest absolute Gasteiger partial charge is 0.0447 e. The first kappa shape index (κ1) is 17.8. The third-order valence-corrected chi connectivity index (χ3v) is 6.29. The van der Waals surface area contributed by atoms with Crippen molar-refractivity contribution in [2.24, 2.45) is 0 Å². The van der Waals surface area contributed by atoms with Gasteiger partial charge in [-0.25, -0.2) is 0 Å². The molecule has 3 aromatic carbocycles. The highest BCUT2D eigenvalue weighted by Crippen LogP contribution is 2.47. The first-order chi connectivity index (χ1) is 14.1. The van der Waals surface area contributed by atoms with E-state index in [0.29, 0.717) is 0 Å². The van der Waals surface area contributed by atoms with E-state index in [1.54, 1.807) is 0 Å². The van der Waals surface area contributed by atoms with Crippen LogP contribution in [0, 0.1) is 0 Å². The van der Waals surface area contributed by atoms with E-state index in [1.807, 2.05) is 0 Å². The van der Waals surface area contributed by atoms with Crippen molar-refractivity contribution in [2.75, 3.05) is 11.9 Å². The molecule has 5 rings (SSSR count). The maximum atomic E-state index is 2.31. The summed E-state index contributed by atoms with van der Waals surface area (Å²) in [7, 11) is 2.16. The maximum Gasteiger partial charge on any atom is 0.0447 e. The molecule has 0 fully saturated rings. The van der Waals surface area contributed by atoms with E-state index in [4.69, 9.17) is 0 Å². The molecule has 0 aromatic heterocycles. The molecule has 0 saturated heterocycles. The highest BCUT2D eigenvalue weighted by molar-refractivity contribution is 6.01. The van der Waals surface area contributed by atoms with Crippen molar-refractivity contribution < 1.29 is 0 Å². The van der Waals surface area contributed by atoms with Gasteiger partial charge in [-0.3, -0.25) is 0 Å². The monoisotopic (exact) mass is 375 g/mol. The van der Waals surface area contributed by atoms with Crippen molar-refractivity contribution in [3.63, 3.8) is 0 Å². The van der Waals surface area contributed by atoms with E-state index < -0.39 is 0 Å². The molecule has 0 spiro atoms. The average Bonchev–Trinajstić information content (AvgIpc) is 3.16. The van der Waals surface area contributed by atoms with E-state index >= 15 is 0 Å². The summed E-state index contributed by atoms with van der Waals surface area (Å²) >= 11 is 0. The molecule has 3 aromatic rings. The summed E-state index contributed by atoms with van der Waals surface area (Å²) in [5.41, 5.74) is 10.6. The summed E-state index contributed by atoms with van der Waals surface area (Å²) in [6.45, 7) is 4.61. The lowest BCUT2D eigenvalue weighted by Crippen LogP contribution is -2.22. The van der Waals surface area contributed by atoms with Crippen LogP contribution in [0.5, 0.6) is 0 Å². The summed E-state index contributed by atoms with van der Waals surface area (Å²) in [6, 6.07) is 26.0. The van der Waals surface area contributed by atoms with Crippen LogP contribution < -0.4 is 4.90 Å². The molecule has 1 nitrogen and oxygen atoms in total. The lowest BCUT2D eigenvalue weighted by atomic mass is 9.84. The Morgan fingerprint density at radius 1 is 0.655 bits per heavy atom. The molecular weight excluding hydrogens is 350 g/mol. The summed E-state index contributed by atoms with van der Waals surface area (Å²) < 4.78 is 0. The summed E-state index contributed by atoms with van der Waals surface area (Å²) in [5, 5.41) is 0. The molecule has 0 bridgehead atoms. The Kier molecular flexibility index (Phi) is 4.06. The minimum atomic E-state index is 0.00931. The first-order valence-electron chi connectivity index (χ1n) is 10.2. The van der Waals surface area contributed by atoms with Crippen LogP contribution in [0.1, 0.15) is 30.5 Å². The molecule has 0 unspecified atom stereocenters. The topological polar surface area (TPSA) is 3.24 Å². The van der Waals surface area contributed by atoms with E-state index in [0.717, 1.165) is 0 Å². The van der Waals surface area contributed by atoms with Crippen LogP contribution in [0.3, 0.4) is 0 Å². The molecule has 1 heterocycles. The molecule has 29 heavy (non-hydrogen) atoms. The fourth-order valence-electron chi connectivity index (χ4n) is 4.83. The predicted octanol–water partition coefficient (Wildman–Crippen LogP) is 6.97. The number of benzene rings is 3. The van der Waals surface area contributed by atoms with Gasteiger partial charge in [0.25, 0.3) is 0 Å². The van der Waals surface area contributed by atoms with E-state index in [2.05, 4.69) is 123 Å². The summed E-state index contributed by atoms with van der Waals surface area (Å²) in [4.78, 5) is 2.31. The Hall–Kier alpha value is -3.32. The summed E-state index contributed by atoms with van der Waals surface area (Å²) in [6.07, 6.45) is 8.85. The first-order valence-corrected chi connectivity index (χ1v) is 10.2. The molecule has 1 heteroatoms. The van der Waals surface area contributed by atoms with E-state index in [9.17, 15) is 0 Å². The van der Waals surface area contributed by atoms with Gasteiger partial charge in [-0.1, -0.05) is 98.8 Å². The lowest BCUT2D eigenvalue weighted by Gasteiger charge is -2.23. The zero-order chi connectivity index (χ0) is 20.0. The Bertz CT molecular complexity index is 1140. The van der Waals surface area contributed by atoms with Gasteiger partial charge in [0.2, 0.25) is 0 Å². The second-order valence-corrected chi connectivity index (χ2v) is 8.31. The molecule has 142 valence electrons.